The predicted octanol–water partition coefficient (Wildman–Crippen LogP) is 4.48. The summed E-state index contributed by atoms with van der Waals surface area (Å²) in [5.74, 6) is 0.0769. The molecule has 190 valence electrons. The van der Waals surface area contributed by atoms with Crippen LogP contribution in [0.15, 0.2) is 89.7 Å². The van der Waals surface area contributed by atoms with Crippen molar-refractivity contribution in [3.8, 4) is 17.2 Å². The molecule has 5 rings (SSSR count). The third kappa shape index (κ3) is 5.42. The van der Waals surface area contributed by atoms with Crippen molar-refractivity contribution in [2.24, 2.45) is 5.10 Å². The van der Waals surface area contributed by atoms with E-state index in [9.17, 15) is 9.59 Å². The van der Waals surface area contributed by atoms with Crippen LogP contribution in [-0.4, -0.2) is 34.6 Å². The van der Waals surface area contributed by atoms with E-state index in [2.05, 4.69) is 20.9 Å². The van der Waals surface area contributed by atoms with E-state index in [-0.39, 0.29) is 12.5 Å². The van der Waals surface area contributed by atoms with E-state index in [1.165, 1.54) is 12.3 Å². The van der Waals surface area contributed by atoms with Gasteiger partial charge in [0, 0.05) is 5.56 Å². The smallest absolute Gasteiger partial charge is 0.287 e. The average molecular weight is 528 g/mol. The number of carbonyl (C=O) groups excluding carboxylic acids is 2. The summed E-state index contributed by atoms with van der Waals surface area (Å²) < 4.78 is 12.4. The van der Waals surface area contributed by atoms with Crippen LogP contribution in [0, 0.1) is 6.92 Å². The second-order valence-corrected chi connectivity index (χ2v) is 8.59. The van der Waals surface area contributed by atoms with Crippen LogP contribution in [0.1, 0.15) is 27.2 Å². The molecule has 0 spiro atoms. The maximum absolute atomic E-state index is 13.1. The first-order valence-corrected chi connectivity index (χ1v) is 12.0. The summed E-state index contributed by atoms with van der Waals surface area (Å²) in [5.41, 5.74) is 5.44. The third-order valence-electron chi connectivity index (χ3n) is 5.64. The molecule has 2 amide bonds. The molecule has 1 aliphatic heterocycles. The summed E-state index contributed by atoms with van der Waals surface area (Å²) in [6.45, 7) is 1.91. The van der Waals surface area contributed by atoms with E-state index in [1.807, 2.05) is 30.3 Å². The number of para-hydroxylation sites is 1. The van der Waals surface area contributed by atoms with Crippen molar-refractivity contribution in [1.82, 2.24) is 20.5 Å². The van der Waals surface area contributed by atoms with Crippen molar-refractivity contribution in [1.29, 1.82) is 0 Å². The molecule has 2 N–H and O–H groups in total. The molecule has 0 bridgehead atoms. The van der Waals surface area contributed by atoms with Crippen molar-refractivity contribution in [3.63, 3.8) is 0 Å². The van der Waals surface area contributed by atoms with Crippen LogP contribution in [0.25, 0.3) is 11.8 Å². The monoisotopic (exact) mass is 527 g/mol. The first kappa shape index (κ1) is 24.8. The SMILES string of the molecule is Cc1nn(-c2ccccc2)c(Cl)c1/C=N\NC(=O)/C(=C/c1ccc2c(c1)OCO2)NC(=O)c1ccccc1. The Bertz CT molecular complexity index is 1550. The quantitative estimate of drug-likeness (QED) is 0.209. The van der Waals surface area contributed by atoms with Gasteiger partial charge < -0.3 is 14.8 Å². The van der Waals surface area contributed by atoms with Gasteiger partial charge in [-0.25, -0.2) is 10.1 Å². The Balaban J connectivity index is 1.38. The van der Waals surface area contributed by atoms with Gasteiger partial charge in [-0.2, -0.15) is 10.2 Å². The lowest BCUT2D eigenvalue weighted by molar-refractivity contribution is -0.117. The van der Waals surface area contributed by atoms with E-state index in [4.69, 9.17) is 21.1 Å². The minimum atomic E-state index is -0.632. The molecular weight excluding hydrogens is 506 g/mol. The Kier molecular flexibility index (Phi) is 7.19. The second kappa shape index (κ2) is 11.0. The van der Waals surface area contributed by atoms with Crippen LogP contribution in [0.2, 0.25) is 5.15 Å². The molecule has 1 aromatic heterocycles. The normalized spacial score (nSPS) is 12.5. The third-order valence-corrected chi connectivity index (χ3v) is 6.01. The molecule has 3 aromatic carbocycles. The van der Waals surface area contributed by atoms with Crippen LogP contribution in [0.3, 0.4) is 0 Å². The average Bonchev–Trinajstić information content (AvgIpc) is 3.52. The fraction of sp³-hybridized carbons (Fsp3) is 0.0714. The highest BCUT2D eigenvalue weighted by molar-refractivity contribution is 6.32. The van der Waals surface area contributed by atoms with E-state index >= 15 is 0 Å². The number of aromatic nitrogens is 2. The van der Waals surface area contributed by atoms with E-state index in [0.717, 1.165) is 5.69 Å². The number of hydrazone groups is 1. The number of halogens is 1. The number of carbonyl (C=O) groups is 2. The molecule has 9 nitrogen and oxygen atoms in total. The highest BCUT2D eigenvalue weighted by Crippen LogP contribution is 2.33. The number of nitrogens with zero attached hydrogens (tertiary/aromatic N) is 3. The summed E-state index contributed by atoms with van der Waals surface area (Å²) in [6.07, 6.45) is 2.94. The van der Waals surface area contributed by atoms with E-state index in [1.54, 1.807) is 60.1 Å². The van der Waals surface area contributed by atoms with Crippen LogP contribution in [0.4, 0.5) is 0 Å². The minimum absolute atomic E-state index is 0.0160. The number of benzene rings is 3. The van der Waals surface area contributed by atoms with Crippen LogP contribution in [0.5, 0.6) is 11.5 Å². The molecule has 0 aliphatic carbocycles. The van der Waals surface area contributed by atoms with Gasteiger partial charge in [0.05, 0.1) is 23.2 Å². The predicted molar refractivity (Wildman–Crippen MR) is 143 cm³/mol. The number of aryl methyl sites for hydroxylation is 1. The zero-order chi connectivity index (χ0) is 26.5. The van der Waals surface area contributed by atoms with Gasteiger partial charge in [0.2, 0.25) is 6.79 Å². The van der Waals surface area contributed by atoms with Crippen molar-refractivity contribution in [2.45, 2.75) is 6.92 Å². The van der Waals surface area contributed by atoms with Gasteiger partial charge in [0.25, 0.3) is 11.8 Å². The van der Waals surface area contributed by atoms with Crippen LogP contribution >= 0.6 is 11.6 Å². The second-order valence-electron chi connectivity index (χ2n) is 8.23. The maximum atomic E-state index is 13.1. The minimum Gasteiger partial charge on any atom is -0.454 e. The Morgan fingerprint density at radius 1 is 1.00 bits per heavy atom. The number of hydrogen-bond acceptors (Lipinski definition) is 6. The number of rotatable bonds is 7. The molecule has 0 fully saturated rings. The van der Waals surface area contributed by atoms with Gasteiger partial charge in [0.15, 0.2) is 11.5 Å². The summed E-state index contributed by atoms with van der Waals surface area (Å²) in [4.78, 5) is 25.9. The van der Waals surface area contributed by atoms with Crippen LogP contribution < -0.4 is 20.2 Å². The molecule has 38 heavy (non-hydrogen) atoms. The Morgan fingerprint density at radius 2 is 1.71 bits per heavy atom. The summed E-state index contributed by atoms with van der Waals surface area (Å²) in [5, 5.41) is 11.5. The molecule has 0 unspecified atom stereocenters. The Hall–Kier alpha value is -4.89. The molecule has 1 aliphatic rings. The van der Waals surface area contributed by atoms with Gasteiger partial charge in [-0.15, -0.1) is 0 Å². The maximum Gasteiger partial charge on any atom is 0.287 e. The van der Waals surface area contributed by atoms with Crippen molar-refractivity contribution < 1.29 is 19.1 Å². The lowest BCUT2D eigenvalue weighted by Gasteiger charge is -2.09. The standard InChI is InChI=1S/C28H22ClN5O4/c1-18-22(26(29)34(33-18)21-10-6-3-7-11-21)16-30-32-28(36)23(31-27(35)20-8-4-2-5-9-20)14-19-12-13-24-25(15-19)38-17-37-24/h2-16H,17H2,1H3,(H,31,35)(H,32,36)/b23-14-,30-16-. The van der Waals surface area contributed by atoms with Gasteiger partial charge in [-0.3, -0.25) is 9.59 Å². The number of ether oxygens (including phenoxy) is 2. The molecule has 2 heterocycles. The zero-order valence-electron chi connectivity index (χ0n) is 20.2. The Labute approximate surface area is 223 Å². The summed E-state index contributed by atoms with van der Waals surface area (Å²) in [6, 6.07) is 23.2. The fourth-order valence-electron chi connectivity index (χ4n) is 3.73. The Morgan fingerprint density at radius 3 is 2.47 bits per heavy atom. The summed E-state index contributed by atoms with van der Waals surface area (Å²) in [7, 11) is 0. The number of nitrogens with one attached hydrogen (secondary N) is 2. The first-order chi connectivity index (χ1) is 18.5. The van der Waals surface area contributed by atoms with Crippen LogP contribution in [-0.2, 0) is 4.79 Å². The largest absolute Gasteiger partial charge is 0.454 e. The highest BCUT2D eigenvalue weighted by Gasteiger charge is 2.18. The first-order valence-electron chi connectivity index (χ1n) is 11.6. The topological polar surface area (TPSA) is 107 Å². The number of amides is 2. The highest BCUT2D eigenvalue weighted by atomic mass is 35.5. The van der Waals surface area contributed by atoms with Gasteiger partial charge in [0.1, 0.15) is 10.9 Å². The van der Waals surface area contributed by atoms with Crippen molar-refractivity contribution >= 4 is 35.7 Å². The van der Waals surface area contributed by atoms with Gasteiger partial charge in [-0.05, 0) is 55.0 Å². The summed E-state index contributed by atoms with van der Waals surface area (Å²) >= 11 is 6.54. The zero-order valence-corrected chi connectivity index (χ0v) is 21.0. The number of fused-ring (bicyclic) bond motifs is 1. The lowest BCUT2D eigenvalue weighted by atomic mass is 10.1. The van der Waals surface area contributed by atoms with Crippen molar-refractivity contribution in [2.75, 3.05) is 6.79 Å². The molecule has 0 radical (unpaired) electrons. The molecule has 0 saturated carbocycles. The molecule has 4 aromatic rings. The van der Waals surface area contributed by atoms with Gasteiger partial charge in [-0.1, -0.05) is 54.1 Å². The van der Waals surface area contributed by atoms with E-state index in [0.29, 0.717) is 39.0 Å². The molecule has 0 atom stereocenters. The number of hydrogen-bond donors (Lipinski definition) is 2. The molecule has 0 saturated heterocycles. The van der Waals surface area contributed by atoms with E-state index < -0.39 is 11.8 Å². The molecular formula is C28H22ClN5O4. The fourth-order valence-corrected chi connectivity index (χ4v) is 4.05. The van der Waals surface area contributed by atoms with Gasteiger partial charge >= 0.3 is 0 Å². The molecule has 10 heteroatoms. The van der Waals surface area contributed by atoms with Crippen molar-refractivity contribution in [3.05, 3.63) is 112 Å². The lowest BCUT2D eigenvalue weighted by Crippen LogP contribution is -2.32.